The molecule has 0 aliphatic carbocycles. The first-order valence-corrected chi connectivity index (χ1v) is 5.45. The minimum absolute atomic E-state index is 0.138. The van der Waals surface area contributed by atoms with Crippen molar-refractivity contribution in [1.82, 2.24) is 24.1 Å². The van der Waals surface area contributed by atoms with E-state index in [0.717, 1.165) is 0 Å². The number of pyridine rings is 1. The molecule has 3 heterocycles. The molecule has 0 saturated carbocycles. The molecular weight excluding hydrogens is 250 g/mol. The van der Waals surface area contributed by atoms with Crippen LogP contribution in [0.25, 0.3) is 16.7 Å². The van der Waals surface area contributed by atoms with Crippen molar-refractivity contribution in [3.8, 4) is 0 Å². The molecule has 3 aromatic rings. The Bertz CT molecular complexity index is 835. The highest BCUT2D eigenvalue weighted by Crippen LogP contribution is 2.08. The molecule has 96 valence electrons. The summed E-state index contributed by atoms with van der Waals surface area (Å²) in [5.41, 5.74) is 0.265. The highest BCUT2D eigenvalue weighted by Gasteiger charge is 2.10. The van der Waals surface area contributed by atoms with E-state index in [1.165, 1.54) is 34.9 Å². The minimum Gasteiger partial charge on any atom is -0.468 e. The molecular formula is C11H9N5O3. The van der Waals surface area contributed by atoms with Crippen LogP contribution < -0.4 is 5.56 Å². The molecule has 0 fully saturated rings. The van der Waals surface area contributed by atoms with Gasteiger partial charge in [0.1, 0.15) is 12.9 Å². The van der Waals surface area contributed by atoms with Crippen molar-refractivity contribution in [3.63, 3.8) is 0 Å². The van der Waals surface area contributed by atoms with Crippen LogP contribution in [0.4, 0.5) is 0 Å². The number of ether oxygens (including phenoxy) is 1. The fourth-order valence-corrected chi connectivity index (χ4v) is 1.83. The lowest BCUT2D eigenvalue weighted by atomic mass is 10.3. The van der Waals surface area contributed by atoms with Crippen molar-refractivity contribution in [1.29, 1.82) is 0 Å². The summed E-state index contributed by atoms with van der Waals surface area (Å²) in [7, 11) is 1.27. The number of fused-ring (bicyclic) bond motifs is 3. The molecule has 0 aromatic carbocycles. The van der Waals surface area contributed by atoms with E-state index in [2.05, 4.69) is 19.8 Å². The lowest BCUT2D eigenvalue weighted by molar-refractivity contribution is -0.141. The second-order valence-corrected chi connectivity index (χ2v) is 3.85. The van der Waals surface area contributed by atoms with Gasteiger partial charge in [-0.1, -0.05) is 0 Å². The van der Waals surface area contributed by atoms with Crippen molar-refractivity contribution >= 4 is 22.6 Å². The van der Waals surface area contributed by atoms with E-state index < -0.39 is 5.97 Å². The highest BCUT2D eigenvalue weighted by molar-refractivity contribution is 5.79. The number of nitrogens with zero attached hydrogens (tertiary/aromatic N) is 5. The quantitative estimate of drug-likeness (QED) is 0.582. The zero-order chi connectivity index (χ0) is 13.4. The smallest absolute Gasteiger partial charge is 0.325 e. The molecule has 0 bridgehead atoms. The number of hydrogen-bond acceptors (Lipinski definition) is 6. The third-order valence-corrected chi connectivity index (χ3v) is 2.77. The standard InChI is InChI=1S/C11H9N5O3/c1-19-9(17)5-15-3-2-8-7(10(15)18)4-12-11-13-6-14-16(8)11/h2-4,6H,5H2,1H3. The van der Waals surface area contributed by atoms with E-state index in [9.17, 15) is 9.59 Å². The van der Waals surface area contributed by atoms with Crippen LogP contribution in [0.15, 0.2) is 29.6 Å². The van der Waals surface area contributed by atoms with Crippen molar-refractivity contribution in [2.75, 3.05) is 7.11 Å². The van der Waals surface area contributed by atoms with E-state index in [1.54, 1.807) is 6.07 Å². The van der Waals surface area contributed by atoms with Crippen LogP contribution in [0.3, 0.4) is 0 Å². The number of rotatable bonds is 2. The fourth-order valence-electron chi connectivity index (χ4n) is 1.83. The van der Waals surface area contributed by atoms with E-state index in [4.69, 9.17) is 0 Å². The number of hydrogen-bond donors (Lipinski definition) is 0. The molecule has 3 aromatic heterocycles. The molecule has 0 saturated heterocycles. The lowest BCUT2D eigenvalue weighted by Crippen LogP contribution is -2.25. The van der Waals surface area contributed by atoms with Gasteiger partial charge in [-0.25, -0.2) is 4.98 Å². The Hall–Kier alpha value is -2.77. The molecule has 0 unspecified atom stereocenters. The minimum atomic E-state index is -0.490. The van der Waals surface area contributed by atoms with E-state index in [0.29, 0.717) is 16.7 Å². The summed E-state index contributed by atoms with van der Waals surface area (Å²) in [6.07, 6.45) is 4.31. The summed E-state index contributed by atoms with van der Waals surface area (Å²) in [6.45, 7) is -0.138. The van der Waals surface area contributed by atoms with Gasteiger partial charge >= 0.3 is 5.97 Å². The van der Waals surface area contributed by atoms with Gasteiger partial charge in [0.25, 0.3) is 11.3 Å². The van der Waals surface area contributed by atoms with Gasteiger partial charge in [0.2, 0.25) is 0 Å². The highest BCUT2D eigenvalue weighted by atomic mass is 16.5. The molecule has 3 rings (SSSR count). The fraction of sp³-hybridized carbons (Fsp3) is 0.182. The van der Waals surface area contributed by atoms with Gasteiger partial charge in [-0.3, -0.25) is 9.59 Å². The first-order valence-electron chi connectivity index (χ1n) is 5.45. The van der Waals surface area contributed by atoms with Crippen LogP contribution in [-0.2, 0) is 16.1 Å². The molecule has 0 aliphatic heterocycles. The van der Waals surface area contributed by atoms with E-state index in [-0.39, 0.29) is 12.1 Å². The summed E-state index contributed by atoms with van der Waals surface area (Å²) in [6, 6.07) is 1.68. The number of aromatic nitrogens is 5. The molecule has 0 atom stereocenters. The van der Waals surface area contributed by atoms with Gasteiger partial charge in [-0.2, -0.15) is 14.6 Å². The topological polar surface area (TPSA) is 91.4 Å². The molecule has 0 aliphatic rings. The Balaban J connectivity index is 2.25. The molecule has 19 heavy (non-hydrogen) atoms. The maximum absolute atomic E-state index is 12.2. The lowest BCUT2D eigenvalue weighted by Gasteiger charge is -2.06. The van der Waals surface area contributed by atoms with Crippen molar-refractivity contribution < 1.29 is 9.53 Å². The Morgan fingerprint density at radius 3 is 3.05 bits per heavy atom. The third kappa shape index (κ3) is 1.73. The van der Waals surface area contributed by atoms with Gasteiger partial charge in [0.15, 0.2) is 0 Å². The van der Waals surface area contributed by atoms with Crippen molar-refractivity contribution in [3.05, 3.63) is 35.1 Å². The van der Waals surface area contributed by atoms with Crippen molar-refractivity contribution in [2.24, 2.45) is 0 Å². The molecule has 8 nitrogen and oxygen atoms in total. The maximum atomic E-state index is 12.2. The second-order valence-electron chi connectivity index (χ2n) is 3.85. The SMILES string of the molecule is COC(=O)Cn1ccc2c(cnc3ncnn32)c1=O. The zero-order valence-electron chi connectivity index (χ0n) is 9.98. The predicted octanol–water partition coefficient (Wildman–Crippen LogP) is -0.388. The summed E-state index contributed by atoms with van der Waals surface area (Å²) in [4.78, 5) is 31.4. The molecule has 0 N–H and O–H groups in total. The predicted molar refractivity (Wildman–Crippen MR) is 64.6 cm³/mol. The van der Waals surface area contributed by atoms with E-state index in [1.807, 2.05) is 0 Å². The number of methoxy groups -OCH3 is 1. The van der Waals surface area contributed by atoms with Gasteiger partial charge in [0.05, 0.1) is 18.0 Å². The summed E-state index contributed by atoms with van der Waals surface area (Å²) < 4.78 is 7.27. The normalized spacial score (nSPS) is 11.0. The Morgan fingerprint density at radius 2 is 2.26 bits per heavy atom. The number of esters is 1. The maximum Gasteiger partial charge on any atom is 0.325 e. The Morgan fingerprint density at radius 1 is 1.42 bits per heavy atom. The average Bonchev–Trinajstić information content (AvgIpc) is 2.90. The first-order chi connectivity index (χ1) is 9.20. The van der Waals surface area contributed by atoms with E-state index >= 15 is 0 Å². The molecule has 0 spiro atoms. The summed E-state index contributed by atoms with van der Waals surface area (Å²) in [5, 5.41) is 4.36. The monoisotopic (exact) mass is 259 g/mol. The number of carbonyl (C=O) groups is 1. The van der Waals surface area contributed by atoms with Gasteiger partial charge in [-0.15, -0.1) is 0 Å². The van der Waals surface area contributed by atoms with Crippen LogP contribution >= 0.6 is 0 Å². The van der Waals surface area contributed by atoms with Gasteiger partial charge < -0.3 is 9.30 Å². The number of carbonyl (C=O) groups excluding carboxylic acids is 1. The van der Waals surface area contributed by atoms with Gasteiger partial charge in [-0.05, 0) is 6.07 Å². The average molecular weight is 259 g/mol. The second kappa shape index (κ2) is 4.16. The largest absolute Gasteiger partial charge is 0.468 e. The van der Waals surface area contributed by atoms with Crippen LogP contribution in [0.5, 0.6) is 0 Å². The summed E-state index contributed by atoms with van der Waals surface area (Å²) in [5.74, 6) is -0.0751. The van der Waals surface area contributed by atoms with Crippen LogP contribution in [-0.4, -0.2) is 37.2 Å². The van der Waals surface area contributed by atoms with Crippen molar-refractivity contribution in [2.45, 2.75) is 6.54 Å². The van der Waals surface area contributed by atoms with Gasteiger partial charge in [0, 0.05) is 12.4 Å². The third-order valence-electron chi connectivity index (χ3n) is 2.77. The molecule has 0 amide bonds. The Kier molecular flexibility index (Phi) is 2.48. The molecule has 8 heteroatoms. The van der Waals surface area contributed by atoms with Crippen LogP contribution in [0.1, 0.15) is 0 Å². The summed E-state index contributed by atoms with van der Waals surface area (Å²) >= 11 is 0. The molecule has 0 radical (unpaired) electrons. The Labute approximate surface area is 106 Å². The van der Waals surface area contributed by atoms with Crippen LogP contribution in [0, 0.1) is 0 Å². The van der Waals surface area contributed by atoms with Crippen LogP contribution in [0.2, 0.25) is 0 Å². The first kappa shape index (κ1) is 11.3. The zero-order valence-corrected chi connectivity index (χ0v) is 9.98.